The van der Waals surface area contributed by atoms with Crippen LogP contribution in [0.2, 0.25) is 0 Å². The van der Waals surface area contributed by atoms with Gasteiger partial charge in [0.2, 0.25) is 0 Å². The van der Waals surface area contributed by atoms with Gasteiger partial charge in [0.05, 0.1) is 13.0 Å². The lowest BCUT2D eigenvalue weighted by Crippen LogP contribution is -2.20. The molecule has 4 heteroatoms. The lowest BCUT2D eigenvalue weighted by atomic mass is 9.71. The third-order valence-corrected chi connectivity index (χ3v) is 6.73. The lowest BCUT2D eigenvalue weighted by molar-refractivity contribution is -0.141. The molecule has 0 radical (unpaired) electrons. The molecule has 0 aromatic carbocycles. The highest BCUT2D eigenvalue weighted by Gasteiger charge is 2.33. The first-order chi connectivity index (χ1) is 13.8. The lowest BCUT2D eigenvalue weighted by Gasteiger charge is -2.35. The van der Waals surface area contributed by atoms with E-state index in [0.717, 1.165) is 31.3 Å². The van der Waals surface area contributed by atoms with Gasteiger partial charge in [0, 0.05) is 18.9 Å². The fraction of sp³-hybridized carbons (Fsp3) is 0.720. The zero-order valence-electron chi connectivity index (χ0n) is 18.8. The molecule has 0 spiro atoms. The second kappa shape index (κ2) is 11.1. The van der Waals surface area contributed by atoms with Crippen molar-refractivity contribution in [3.63, 3.8) is 0 Å². The summed E-state index contributed by atoms with van der Waals surface area (Å²) in [6.07, 6.45) is 12.7. The van der Waals surface area contributed by atoms with Crippen LogP contribution in [0.4, 0.5) is 0 Å². The number of carbonyl (C=O) groups excluding carboxylic acids is 1. The van der Waals surface area contributed by atoms with E-state index in [9.17, 15) is 15.0 Å². The van der Waals surface area contributed by atoms with E-state index in [1.165, 1.54) is 24.8 Å². The minimum Gasteiger partial charge on any atom is -0.462 e. The smallest absolute Gasteiger partial charge is 0.306 e. The van der Waals surface area contributed by atoms with Gasteiger partial charge in [-0.2, -0.15) is 0 Å². The normalized spacial score (nSPS) is 25.5. The summed E-state index contributed by atoms with van der Waals surface area (Å²) in [6, 6.07) is 0. The van der Waals surface area contributed by atoms with Gasteiger partial charge in [-0.1, -0.05) is 42.7 Å². The van der Waals surface area contributed by atoms with E-state index >= 15 is 0 Å². The Morgan fingerprint density at radius 2 is 2.00 bits per heavy atom. The maximum Gasteiger partial charge on any atom is 0.306 e. The SMILES string of the molecule is CC(=CCCC(=CCC1OC(=O)CC1CO)CO)CCC1=C(C)CCCC1(C)C. The molecule has 0 bridgehead atoms. The zero-order chi connectivity index (χ0) is 21.4. The summed E-state index contributed by atoms with van der Waals surface area (Å²) in [7, 11) is 0. The van der Waals surface area contributed by atoms with Gasteiger partial charge in [-0.05, 0) is 69.8 Å². The molecule has 0 amide bonds. The molecule has 1 aliphatic carbocycles. The fourth-order valence-corrected chi connectivity index (χ4v) is 4.76. The van der Waals surface area contributed by atoms with Crippen LogP contribution in [0.3, 0.4) is 0 Å². The van der Waals surface area contributed by atoms with Crippen LogP contribution < -0.4 is 0 Å². The number of aliphatic hydroxyl groups excluding tert-OH is 2. The minimum atomic E-state index is -0.262. The van der Waals surface area contributed by atoms with E-state index < -0.39 is 0 Å². The number of rotatable bonds is 10. The summed E-state index contributed by atoms with van der Waals surface area (Å²) in [5, 5.41) is 19.0. The molecule has 0 aromatic heterocycles. The molecule has 2 rings (SSSR count). The summed E-state index contributed by atoms with van der Waals surface area (Å²) >= 11 is 0. The molecule has 0 aromatic rings. The Balaban J connectivity index is 1.81. The van der Waals surface area contributed by atoms with E-state index in [2.05, 4.69) is 33.8 Å². The molecule has 2 N–H and O–H groups in total. The molecule has 164 valence electrons. The summed E-state index contributed by atoms with van der Waals surface area (Å²) < 4.78 is 5.28. The van der Waals surface area contributed by atoms with Crippen LogP contribution in [0.25, 0.3) is 0 Å². The molecule has 2 aliphatic rings. The van der Waals surface area contributed by atoms with Crippen molar-refractivity contribution in [2.24, 2.45) is 11.3 Å². The fourth-order valence-electron chi connectivity index (χ4n) is 4.76. The molecular weight excluding hydrogens is 364 g/mol. The van der Waals surface area contributed by atoms with Crippen LogP contribution in [0, 0.1) is 11.3 Å². The zero-order valence-corrected chi connectivity index (χ0v) is 18.8. The van der Waals surface area contributed by atoms with E-state index in [-0.39, 0.29) is 37.6 Å². The van der Waals surface area contributed by atoms with Crippen molar-refractivity contribution < 1.29 is 19.7 Å². The molecule has 1 saturated heterocycles. The van der Waals surface area contributed by atoms with Crippen molar-refractivity contribution in [1.82, 2.24) is 0 Å². The minimum absolute atomic E-state index is 0.0254. The van der Waals surface area contributed by atoms with E-state index in [1.807, 2.05) is 6.08 Å². The van der Waals surface area contributed by atoms with Gasteiger partial charge >= 0.3 is 5.97 Å². The molecule has 29 heavy (non-hydrogen) atoms. The summed E-state index contributed by atoms with van der Waals surface area (Å²) in [6.45, 7) is 9.26. The molecule has 1 fully saturated rings. The van der Waals surface area contributed by atoms with Gasteiger partial charge in [0.25, 0.3) is 0 Å². The Hall–Kier alpha value is -1.39. The van der Waals surface area contributed by atoms with Gasteiger partial charge in [0.15, 0.2) is 0 Å². The Morgan fingerprint density at radius 3 is 2.66 bits per heavy atom. The second-order valence-electron chi connectivity index (χ2n) is 9.52. The summed E-state index contributed by atoms with van der Waals surface area (Å²) in [5.74, 6) is -0.360. The van der Waals surface area contributed by atoms with Gasteiger partial charge in [-0.15, -0.1) is 0 Å². The summed E-state index contributed by atoms with van der Waals surface area (Å²) in [5.41, 5.74) is 5.96. The van der Waals surface area contributed by atoms with Gasteiger partial charge < -0.3 is 14.9 Å². The van der Waals surface area contributed by atoms with E-state index in [4.69, 9.17) is 4.74 Å². The van der Waals surface area contributed by atoms with Crippen molar-refractivity contribution >= 4 is 5.97 Å². The Bertz CT molecular complexity index is 654. The van der Waals surface area contributed by atoms with Crippen molar-refractivity contribution in [2.45, 2.75) is 91.6 Å². The number of ether oxygens (including phenoxy) is 1. The predicted molar refractivity (Wildman–Crippen MR) is 117 cm³/mol. The maximum absolute atomic E-state index is 11.4. The standard InChI is InChI=1S/C25H40O4/c1-18(10-12-22-19(2)8-6-14-25(22,3)4)7-5-9-20(16-26)11-13-23-21(17-27)15-24(28)29-23/h7,11,21,23,26-27H,5-6,8-10,12-17H2,1-4H3. The van der Waals surface area contributed by atoms with E-state index in [0.29, 0.717) is 11.8 Å². The third-order valence-electron chi connectivity index (χ3n) is 6.73. The monoisotopic (exact) mass is 404 g/mol. The first-order valence-electron chi connectivity index (χ1n) is 11.2. The number of carbonyl (C=O) groups is 1. The number of cyclic esters (lactones) is 1. The van der Waals surface area contributed by atoms with Crippen LogP contribution in [0.1, 0.15) is 85.5 Å². The van der Waals surface area contributed by atoms with Crippen LogP contribution in [-0.2, 0) is 9.53 Å². The van der Waals surface area contributed by atoms with Gasteiger partial charge in [-0.25, -0.2) is 0 Å². The highest BCUT2D eigenvalue weighted by atomic mass is 16.6. The van der Waals surface area contributed by atoms with Crippen molar-refractivity contribution in [3.05, 3.63) is 34.4 Å². The third kappa shape index (κ3) is 7.11. The molecule has 2 atom stereocenters. The number of allylic oxidation sites excluding steroid dienone is 4. The Labute approximate surface area is 176 Å². The van der Waals surface area contributed by atoms with Crippen molar-refractivity contribution in [2.75, 3.05) is 13.2 Å². The van der Waals surface area contributed by atoms with E-state index in [1.54, 1.807) is 11.1 Å². The highest BCUT2D eigenvalue weighted by Crippen LogP contribution is 2.42. The average molecular weight is 405 g/mol. The first kappa shape index (κ1) is 23.9. The number of aliphatic hydroxyl groups is 2. The van der Waals surface area contributed by atoms with Gasteiger partial charge in [0.1, 0.15) is 6.10 Å². The van der Waals surface area contributed by atoms with Gasteiger partial charge in [-0.3, -0.25) is 4.79 Å². The molecular formula is C25H40O4. The second-order valence-corrected chi connectivity index (χ2v) is 9.52. The molecule has 1 aliphatic heterocycles. The summed E-state index contributed by atoms with van der Waals surface area (Å²) in [4.78, 5) is 11.4. The van der Waals surface area contributed by atoms with Crippen LogP contribution >= 0.6 is 0 Å². The molecule has 2 unspecified atom stereocenters. The molecule has 1 heterocycles. The topological polar surface area (TPSA) is 66.8 Å². The maximum atomic E-state index is 11.4. The Kier molecular flexibility index (Phi) is 9.16. The van der Waals surface area contributed by atoms with Crippen LogP contribution in [-0.4, -0.2) is 35.5 Å². The Morgan fingerprint density at radius 1 is 1.24 bits per heavy atom. The van der Waals surface area contributed by atoms with Crippen LogP contribution in [0.15, 0.2) is 34.4 Å². The van der Waals surface area contributed by atoms with Crippen molar-refractivity contribution in [1.29, 1.82) is 0 Å². The average Bonchev–Trinajstić information content (AvgIpc) is 3.03. The quantitative estimate of drug-likeness (QED) is 0.385. The van der Waals surface area contributed by atoms with Crippen molar-refractivity contribution in [3.8, 4) is 0 Å². The largest absolute Gasteiger partial charge is 0.462 e. The number of hydrogen-bond acceptors (Lipinski definition) is 4. The number of hydrogen-bond donors (Lipinski definition) is 2. The van der Waals surface area contributed by atoms with Crippen LogP contribution in [0.5, 0.6) is 0 Å². The molecule has 4 nitrogen and oxygen atoms in total. The number of esters is 1. The first-order valence-corrected chi connectivity index (χ1v) is 11.2. The molecule has 0 saturated carbocycles. The highest BCUT2D eigenvalue weighted by molar-refractivity contribution is 5.72. The predicted octanol–water partition coefficient (Wildman–Crippen LogP) is 5.25.